The molecule has 0 saturated heterocycles. The van der Waals surface area contributed by atoms with Crippen LogP contribution in [0.5, 0.6) is 0 Å². The van der Waals surface area contributed by atoms with Gasteiger partial charge in [-0.3, -0.25) is 29.9 Å². The monoisotopic (exact) mass is 258 g/mol. The molecule has 6 N–H and O–H groups in total. The first-order valence-electron chi connectivity index (χ1n) is 4.22. The summed E-state index contributed by atoms with van der Waals surface area (Å²) in [6.07, 6.45) is 0. The van der Waals surface area contributed by atoms with Gasteiger partial charge in [-0.15, -0.1) is 0 Å². The van der Waals surface area contributed by atoms with Crippen LogP contribution in [-0.4, -0.2) is 29.9 Å². The third-order valence-corrected chi connectivity index (χ3v) is 1.36. The second-order valence-electron chi connectivity index (χ2n) is 2.72. The highest BCUT2D eigenvalue weighted by Gasteiger charge is 1.85. The van der Waals surface area contributed by atoms with E-state index in [1.807, 2.05) is 0 Å². The van der Waals surface area contributed by atoms with Gasteiger partial charge >= 0.3 is 34.1 Å². The fourth-order valence-electron chi connectivity index (χ4n) is 0.806. The normalized spacial score (nSPS) is 9.33. The van der Waals surface area contributed by atoms with Crippen LogP contribution in [0.15, 0.2) is 28.8 Å². The van der Waals surface area contributed by atoms with Crippen LogP contribution in [0, 0.1) is 0 Å². The van der Waals surface area contributed by atoms with E-state index in [1.54, 1.807) is 29.9 Å². The summed E-state index contributed by atoms with van der Waals surface area (Å²) in [5.41, 5.74) is -4.81. The minimum Gasteiger partial charge on any atom is -0.259 e. The lowest BCUT2D eigenvalue weighted by Gasteiger charge is -1.77. The second kappa shape index (κ2) is 5.24. The van der Waals surface area contributed by atoms with E-state index in [0.717, 1.165) is 0 Å². The second-order valence-corrected chi connectivity index (χ2v) is 2.72. The number of hydrogen-bond donors (Lipinski definition) is 6. The van der Waals surface area contributed by atoms with Crippen LogP contribution in [0.4, 0.5) is 0 Å². The van der Waals surface area contributed by atoms with Crippen molar-refractivity contribution >= 4 is 0 Å². The SMILES string of the molecule is O=c1[nH]c(=O)[nH]c(=O)[nH]1.O=c1[nH]c(=O)[nH]c(=O)[nH]1. The summed E-state index contributed by atoms with van der Waals surface area (Å²) >= 11 is 0. The van der Waals surface area contributed by atoms with Gasteiger partial charge in [0.1, 0.15) is 0 Å². The fourth-order valence-corrected chi connectivity index (χ4v) is 0.806. The summed E-state index contributed by atoms with van der Waals surface area (Å²) in [5.74, 6) is 0. The molecule has 0 radical (unpaired) electrons. The molecule has 0 bridgehead atoms. The van der Waals surface area contributed by atoms with Crippen LogP contribution >= 0.6 is 0 Å². The van der Waals surface area contributed by atoms with Crippen LogP contribution in [0.3, 0.4) is 0 Å². The van der Waals surface area contributed by atoms with Crippen molar-refractivity contribution < 1.29 is 0 Å². The lowest BCUT2D eigenvalue weighted by molar-refractivity contribution is 0.887. The molecule has 2 aromatic rings. The maximum Gasteiger partial charge on any atom is 0.330 e. The molecule has 2 heterocycles. The molecule has 2 aromatic heterocycles. The van der Waals surface area contributed by atoms with Crippen molar-refractivity contribution in [2.75, 3.05) is 0 Å². The Morgan fingerprint density at radius 2 is 0.444 bits per heavy atom. The summed E-state index contributed by atoms with van der Waals surface area (Å²) in [7, 11) is 0. The molecule has 0 saturated carbocycles. The standard InChI is InChI=1S/2C3H3N3O3/c2*7-1-4-2(8)6-3(9)5-1/h2*(H3,4,5,6,7,8,9). The molecular weight excluding hydrogens is 252 g/mol. The number of H-pyrrole nitrogens is 6. The van der Waals surface area contributed by atoms with E-state index < -0.39 is 34.1 Å². The lowest BCUT2D eigenvalue weighted by Crippen LogP contribution is -2.34. The summed E-state index contributed by atoms with van der Waals surface area (Å²) < 4.78 is 0. The van der Waals surface area contributed by atoms with Crippen LogP contribution in [0.25, 0.3) is 0 Å². The molecule has 0 amide bonds. The molecule has 12 nitrogen and oxygen atoms in total. The van der Waals surface area contributed by atoms with Gasteiger partial charge in [-0.2, -0.15) is 0 Å². The molecule has 0 aliphatic rings. The van der Waals surface area contributed by atoms with E-state index in [0.29, 0.717) is 0 Å². The minimum absolute atomic E-state index is 0.802. The minimum atomic E-state index is -0.802. The number of hydrogen-bond acceptors (Lipinski definition) is 6. The van der Waals surface area contributed by atoms with E-state index in [1.165, 1.54) is 0 Å². The average molecular weight is 258 g/mol. The van der Waals surface area contributed by atoms with Gasteiger partial charge in [-0.1, -0.05) is 0 Å². The third kappa shape index (κ3) is 4.13. The Morgan fingerprint density at radius 1 is 0.333 bits per heavy atom. The number of aromatic amines is 6. The van der Waals surface area contributed by atoms with Crippen molar-refractivity contribution in [2.24, 2.45) is 0 Å². The van der Waals surface area contributed by atoms with Gasteiger partial charge in [0.05, 0.1) is 0 Å². The molecule has 12 heteroatoms. The molecule has 0 aliphatic heterocycles. The van der Waals surface area contributed by atoms with Gasteiger partial charge in [0.15, 0.2) is 0 Å². The van der Waals surface area contributed by atoms with Gasteiger partial charge in [0.2, 0.25) is 0 Å². The van der Waals surface area contributed by atoms with Crippen LogP contribution in [0.2, 0.25) is 0 Å². The first-order valence-corrected chi connectivity index (χ1v) is 4.22. The Bertz CT molecular complexity index is 627. The summed E-state index contributed by atoms with van der Waals surface area (Å²) in [6.45, 7) is 0. The van der Waals surface area contributed by atoms with Crippen molar-refractivity contribution in [1.29, 1.82) is 0 Å². The zero-order valence-electron chi connectivity index (χ0n) is 8.45. The van der Waals surface area contributed by atoms with E-state index in [9.17, 15) is 28.8 Å². The van der Waals surface area contributed by atoms with Crippen molar-refractivity contribution in [3.8, 4) is 0 Å². The highest BCUT2D eigenvalue weighted by molar-refractivity contribution is 4.61. The third-order valence-electron chi connectivity index (χ3n) is 1.36. The molecule has 18 heavy (non-hydrogen) atoms. The van der Waals surface area contributed by atoms with Crippen molar-refractivity contribution in [3.63, 3.8) is 0 Å². The predicted octanol–water partition coefficient (Wildman–Crippen LogP) is -4.50. The number of rotatable bonds is 0. The molecule has 2 rings (SSSR count). The van der Waals surface area contributed by atoms with E-state index in [4.69, 9.17) is 0 Å². The van der Waals surface area contributed by atoms with Gasteiger partial charge in [-0.05, 0) is 0 Å². The summed E-state index contributed by atoms with van der Waals surface area (Å²) in [5, 5.41) is 0. The van der Waals surface area contributed by atoms with Crippen LogP contribution in [0.1, 0.15) is 0 Å². The largest absolute Gasteiger partial charge is 0.330 e. The van der Waals surface area contributed by atoms with Gasteiger partial charge in [0.25, 0.3) is 0 Å². The quantitative estimate of drug-likeness (QED) is 0.275. The molecule has 0 atom stereocenters. The lowest BCUT2D eigenvalue weighted by atomic mass is 11.0. The zero-order valence-corrected chi connectivity index (χ0v) is 8.45. The highest BCUT2D eigenvalue weighted by Crippen LogP contribution is 1.30. The summed E-state index contributed by atoms with van der Waals surface area (Å²) in [6, 6.07) is 0. The first kappa shape index (κ1) is 12.9. The smallest absolute Gasteiger partial charge is 0.259 e. The van der Waals surface area contributed by atoms with E-state index in [2.05, 4.69) is 0 Å². The maximum atomic E-state index is 10.2. The summed E-state index contributed by atoms with van der Waals surface area (Å²) in [4.78, 5) is 71.8. The van der Waals surface area contributed by atoms with Crippen molar-refractivity contribution in [1.82, 2.24) is 29.9 Å². The van der Waals surface area contributed by atoms with Gasteiger partial charge in [0, 0.05) is 0 Å². The van der Waals surface area contributed by atoms with E-state index in [-0.39, 0.29) is 0 Å². The van der Waals surface area contributed by atoms with Gasteiger partial charge < -0.3 is 0 Å². The van der Waals surface area contributed by atoms with Crippen molar-refractivity contribution in [3.05, 3.63) is 62.9 Å². The molecule has 0 spiro atoms. The zero-order chi connectivity index (χ0) is 13.7. The average Bonchev–Trinajstić information content (AvgIpc) is 2.12. The Balaban J connectivity index is 0.000000180. The molecular formula is C6H6N6O6. The molecule has 0 aromatic carbocycles. The van der Waals surface area contributed by atoms with Crippen LogP contribution < -0.4 is 34.1 Å². The first-order chi connectivity index (χ1) is 8.36. The Labute approximate surface area is 93.8 Å². The van der Waals surface area contributed by atoms with Crippen molar-refractivity contribution in [2.45, 2.75) is 0 Å². The Kier molecular flexibility index (Phi) is 3.75. The molecule has 96 valence electrons. The molecule has 0 fully saturated rings. The Morgan fingerprint density at radius 3 is 0.556 bits per heavy atom. The van der Waals surface area contributed by atoms with E-state index >= 15 is 0 Å². The Hall–Kier alpha value is -3.18. The molecule has 0 unspecified atom stereocenters. The fraction of sp³-hybridized carbons (Fsp3) is 0. The number of nitrogens with one attached hydrogen (secondary N) is 6. The van der Waals surface area contributed by atoms with Crippen LogP contribution in [-0.2, 0) is 0 Å². The predicted molar refractivity (Wildman–Crippen MR) is 56.6 cm³/mol. The number of aromatic nitrogens is 6. The maximum absolute atomic E-state index is 10.2. The molecule has 0 aliphatic carbocycles. The topological polar surface area (TPSA) is 197 Å². The highest BCUT2D eigenvalue weighted by atomic mass is 16.2. The van der Waals surface area contributed by atoms with Gasteiger partial charge in [-0.25, -0.2) is 28.8 Å².